The summed E-state index contributed by atoms with van der Waals surface area (Å²) in [6.45, 7) is 5.57. The van der Waals surface area contributed by atoms with Crippen LogP contribution >= 0.6 is 11.8 Å². The molecule has 0 spiro atoms. The molecule has 0 amide bonds. The summed E-state index contributed by atoms with van der Waals surface area (Å²) in [7, 11) is 0. The molecule has 1 aromatic heterocycles. The Balaban J connectivity index is 2.01. The van der Waals surface area contributed by atoms with Crippen molar-refractivity contribution < 1.29 is 8.78 Å². The molecule has 0 aliphatic carbocycles. The molecular weight excluding hydrogens is 314 g/mol. The van der Waals surface area contributed by atoms with Crippen molar-refractivity contribution in [2.24, 2.45) is 0 Å². The quantitative estimate of drug-likeness (QED) is 0.721. The topological polar surface area (TPSA) is 16.1 Å². The van der Waals surface area contributed by atoms with E-state index in [1.165, 1.54) is 12.1 Å². The summed E-state index contributed by atoms with van der Waals surface area (Å²) in [4.78, 5) is 6.16. The maximum Gasteiger partial charge on any atom is 0.150 e. The van der Waals surface area contributed by atoms with Crippen LogP contribution in [0.4, 0.5) is 14.5 Å². The molecule has 2 heterocycles. The highest BCUT2D eigenvalue weighted by molar-refractivity contribution is 7.99. The van der Waals surface area contributed by atoms with Gasteiger partial charge >= 0.3 is 0 Å². The van der Waals surface area contributed by atoms with Gasteiger partial charge in [-0.25, -0.2) is 13.8 Å². The van der Waals surface area contributed by atoms with E-state index >= 15 is 0 Å². The Morgan fingerprint density at radius 1 is 1.13 bits per heavy atom. The molecule has 2 aromatic rings. The van der Waals surface area contributed by atoms with Crippen molar-refractivity contribution in [2.45, 2.75) is 37.0 Å². The third kappa shape index (κ3) is 3.50. The Morgan fingerprint density at radius 3 is 2.39 bits per heavy atom. The van der Waals surface area contributed by atoms with Gasteiger partial charge in [-0.3, -0.25) is 0 Å². The fourth-order valence-corrected chi connectivity index (χ4v) is 3.77. The first-order valence-electron chi connectivity index (χ1n) is 7.92. The zero-order valence-electron chi connectivity index (χ0n) is 13.4. The lowest BCUT2D eigenvalue weighted by Crippen LogP contribution is -2.20. The van der Waals surface area contributed by atoms with Gasteiger partial charge in [-0.1, -0.05) is 19.9 Å². The second-order valence-corrected chi connectivity index (χ2v) is 7.57. The number of pyridine rings is 1. The van der Waals surface area contributed by atoms with Crippen LogP contribution in [0.5, 0.6) is 0 Å². The van der Waals surface area contributed by atoms with Crippen molar-refractivity contribution in [1.29, 1.82) is 0 Å². The molecule has 1 fully saturated rings. The molecular formula is C18H20F2N2S. The van der Waals surface area contributed by atoms with E-state index in [9.17, 15) is 8.78 Å². The first-order chi connectivity index (χ1) is 11.1. The minimum atomic E-state index is -0.494. The maximum absolute atomic E-state index is 14.5. The molecule has 0 unspecified atom stereocenters. The van der Waals surface area contributed by atoms with Gasteiger partial charge in [0.05, 0.1) is 0 Å². The molecule has 2 nitrogen and oxygen atoms in total. The second-order valence-electron chi connectivity index (χ2n) is 6.01. The average Bonchev–Trinajstić information content (AvgIpc) is 3.00. The van der Waals surface area contributed by atoms with Crippen LogP contribution in [0.15, 0.2) is 35.5 Å². The zero-order chi connectivity index (χ0) is 16.4. The first kappa shape index (κ1) is 16.2. The molecule has 5 heteroatoms. The molecule has 0 bridgehead atoms. The van der Waals surface area contributed by atoms with Gasteiger partial charge in [0, 0.05) is 30.1 Å². The average molecular weight is 334 g/mol. The fraction of sp³-hybridized carbons (Fsp3) is 0.389. The van der Waals surface area contributed by atoms with Gasteiger partial charge in [-0.2, -0.15) is 0 Å². The highest BCUT2D eigenvalue weighted by atomic mass is 32.2. The van der Waals surface area contributed by atoms with E-state index in [4.69, 9.17) is 0 Å². The lowest BCUT2D eigenvalue weighted by atomic mass is 10.1. The Labute approximate surface area is 139 Å². The van der Waals surface area contributed by atoms with E-state index in [1.54, 1.807) is 28.9 Å². The van der Waals surface area contributed by atoms with Crippen LogP contribution in [0.1, 0.15) is 26.7 Å². The number of hydrogen-bond donors (Lipinski definition) is 0. The molecule has 3 rings (SSSR count). The smallest absolute Gasteiger partial charge is 0.150 e. The highest BCUT2D eigenvalue weighted by Gasteiger charge is 2.22. The maximum atomic E-state index is 14.5. The molecule has 1 saturated heterocycles. The normalized spacial score (nSPS) is 14.7. The Hall–Kier alpha value is -1.62. The van der Waals surface area contributed by atoms with Crippen molar-refractivity contribution in [3.63, 3.8) is 0 Å². The summed E-state index contributed by atoms with van der Waals surface area (Å²) in [5, 5.41) is 1.15. The molecule has 0 saturated carbocycles. The van der Waals surface area contributed by atoms with E-state index < -0.39 is 11.6 Å². The predicted octanol–water partition coefficient (Wildman–Crippen LogP) is 5.13. The van der Waals surface area contributed by atoms with Crippen molar-refractivity contribution >= 4 is 17.4 Å². The van der Waals surface area contributed by atoms with Gasteiger partial charge in [0.2, 0.25) is 0 Å². The fourth-order valence-electron chi connectivity index (χ4n) is 2.89. The Bertz CT molecular complexity index is 674. The number of thioether (sulfide) groups is 1. The van der Waals surface area contributed by atoms with Crippen molar-refractivity contribution in [3.8, 4) is 11.1 Å². The van der Waals surface area contributed by atoms with Crippen LogP contribution in [-0.2, 0) is 0 Å². The summed E-state index contributed by atoms with van der Waals surface area (Å²) >= 11 is 1.59. The predicted molar refractivity (Wildman–Crippen MR) is 92.0 cm³/mol. The number of hydrogen-bond acceptors (Lipinski definition) is 3. The number of benzene rings is 1. The molecule has 0 N–H and O–H groups in total. The highest BCUT2D eigenvalue weighted by Crippen LogP contribution is 2.36. The summed E-state index contributed by atoms with van der Waals surface area (Å²) in [5.41, 5.74) is 1.42. The number of anilines is 1. The van der Waals surface area contributed by atoms with Crippen molar-refractivity contribution in [1.82, 2.24) is 4.98 Å². The molecule has 1 aliphatic rings. The van der Waals surface area contributed by atoms with Crippen LogP contribution in [0, 0.1) is 11.6 Å². The van der Waals surface area contributed by atoms with Gasteiger partial charge in [0.15, 0.2) is 0 Å². The molecule has 122 valence electrons. The van der Waals surface area contributed by atoms with Gasteiger partial charge in [0.1, 0.15) is 22.3 Å². The Kier molecular flexibility index (Phi) is 4.85. The third-order valence-corrected chi connectivity index (χ3v) is 4.89. The minimum absolute atomic E-state index is 0.105. The van der Waals surface area contributed by atoms with Gasteiger partial charge in [-0.05, 0) is 36.6 Å². The second kappa shape index (κ2) is 6.87. The number of halogens is 2. The van der Waals surface area contributed by atoms with Crippen LogP contribution in [-0.4, -0.2) is 23.3 Å². The molecule has 1 aromatic carbocycles. The van der Waals surface area contributed by atoms with Crippen molar-refractivity contribution in [2.75, 3.05) is 18.0 Å². The molecule has 0 atom stereocenters. The zero-order valence-corrected chi connectivity index (χ0v) is 14.2. The summed E-state index contributed by atoms with van der Waals surface area (Å²) in [6.07, 6.45) is 3.68. The Morgan fingerprint density at radius 2 is 1.78 bits per heavy atom. The number of aromatic nitrogens is 1. The summed E-state index contributed by atoms with van der Waals surface area (Å²) < 4.78 is 29.1. The van der Waals surface area contributed by atoms with E-state index in [1.807, 2.05) is 6.07 Å². The summed E-state index contributed by atoms with van der Waals surface area (Å²) in [6, 6.07) is 6.52. The monoisotopic (exact) mass is 334 g/mol. The van der Waals surface area contributed by atoms with Gasteiger partial charge in [0.25, 0.3) is 0 Å². The molecule has 0 radical (unpaired) electrons. The number of rotatable bonds is 4. The van der Waals surface area contributed by atoms with E-state index in [0.717, 1.165) is 23.4 Å². The standard InChI is InChI=1S/C18H20F2N2S/c1-12(2)23-18-14(6-5-7-21-18)13-10-15(19)17(16(20)11-13)22-8-3-4-9-22/h5-7,10-12H,3-4,8-9H2,1-2H3. The first-order valence-corrected chi connectivity index (χ1v) is 8.80. The van der Waals surface area contributed by atoms with Gasteiger partial charge in [-0.15, -0.1) is 11.8 Å². The van der Waals surface area contributed by atoms with E-state index in [2.05, 4.69) is 18.8 Å². The number of nitrogens with zero attached hydrogens (tertiary/aromatic N) is 2. The minimum Gasteiger partial charge on any atom is -0.367 e. The van der Waals surface area contributed by atoms with Crippen LogP contribution in [0.25, 0.3) is 11.1 Å². The molecule has 23 heavy (non-hydrogen) atoms. The van der Waals surface area contributed by atoms with E-state index in [-0.39, 0.29) is 5.69 Å². The van der Waals surface area contributed by atoms with E-state index in [0.29, 0.717) is 23.9 Å². The van der Waals surface area contributed by atoms with Crippen LogP contribution in [0.2, 0.25) is 0 Å². The lowest BCUT2D eigenvalue weighted by Gasteiger charge is -2.20. The third-order valence-electron chi connectivity index (χ3n) is 3.87. The lowest BCUT2D eigenvalue weighted by molar-refractivity contribution is 0.578. The SMILES string of the molecule is CC(C)Sc1ncccc1-c1cc(F)c(N2CCCC2)c(F)c1. The van der Waals surface area contributed by atoms with Crippen molar-refractivity contribution in [3.05, 3.63) is 42.1 Å². The van der Waals surface area contributed by atoms with Gasteiger partial charge < -0.3 is 4.90 Å². The van der Waals surface area contributed by atoms with Crippen LogP contribution in [0.3, 0.4) is 0 Å². The molecule has 1 aliphatic heterocycles. The summed E-state index contributed by atoms with van der Waals surface area (Å²) in [5.74, 6) is -0.988. The largest absolute Gasteiger partial charge is 0.367 e. The van der Waals surface area contributed by atoms with Crippen LogP contribution < -0.4 is 4.90 Å².